The molecular formula is C39H53N3O6. The van der Waals surface area contributed by atoms with Crippen molar-refractivity contribution >= 4 is 28.9 Å². The number of carbonyl (C=O) groups is 2. The van der Waals surface area contributed by atoms with Crippen molar-refractivity contribution in [2.45, 2.75) is 84.8 Å². The Balaban J connectivity index is 1.77. The fourth-order valence-corrected chi connectivity index (χ4v) is 6.43. The molecule has 4 N–H and O–H groups in total. The van der Waals surface area contributed by atoms with Crippen LogP contribution in [-0.2, 0) is 21.6 Å². The van der Waals surface area contributed by atoms with E-state index in [0.29, 0.717) is 55.9 Å². The Morgan fingerprint density at radius 2 is 1.81 bits per heavy atom. The number of carbonyl (C=O) groups excluding carboxylic acids is 2. The van der Waals surface area contributed by atoms with Crippen LogP contribution in [-0.4, -0.2) is 66.1 Å². The van der Waals surface area contributed by atoms with E-state index in [-0.39, 0.29) is 19.1 Å². The number of allylic oxidation sites excluding steroid dienone is 3. The minimum absolute atomic E-state index is 0.0318. The molecule has 2 aromatic carbocycles. The lowest BCUT2D eigenvalue weighted by atomic mass is 9.82. The van der Waals surface area contributed by atoms with Gasteiger partial charge in [0.2, 0.25) is 5.91 Å². The van der Waals surface area contributed by atoms with Gasteiger partial charge < -0.3 is 30.3 Å². The van der Waals surface area contributed by atoms with Crippen molar-refractivity contribution in [3.63, 3.8) is 0 Å². The molecule has 2 amide bonds. The van der Waals surface area contributed by atoms with E-state index in [4.69, 9.17) is 4.74 Å². The Morgan fingerprint density at radius 3 is 2.52 bits per heavy atom. The number of nitrogens with one attached hydrogen (secondary N) is 1. The summed E-state index contributed by atoms with van der Waals surface area (Å²) in [4.78, 5) is 31.6. The maximum atomic E-state index is 14.2. The Hall–Kier alpha value is -3.76. The lowest BCUT2D eigenvalue weighted by Gasteiger charge is -2.35. The molecule has 3 atom stereocenters. The first-order valence-corrected chi connectivity index (χ1v) is 17.3. The normalized spacial score (nSPS) is 19.9. The molecule has 1 unspecified atom stereocenters. The largest absolute Gasteiger partial charge is 0.494 e. The average molecular weight is 660 g/mol. The third-order valence-electron chi connectivity index (χ3n) is 9.13. The van der Waals surface area contributed by atoms with Gasteiger partial charge in [-0.05, 0) is 115 Å². The highest BCUT2D eigenvalue weighted by molar-refractivity contribution is 6.10. The maximum Gasteiger partial charge on any atom is 0.264 e. The molecule has 0 aromatic heterocycles. The zero-order valence-corrected chi connectivity index (χ0v) is 29.2. The van der Waals surface area contributed by atoms with Crippen LogP contribution in [0.5, 0.6) is 5.75 Å². The van der Waals surface area contributed by atoms with Crippen molar-refractivity contribution in [3.05, 3.63) is 83.0 Å². The number of hydrogen-bond acceptors (Lipinski definition) is 7. The minimum Gasteiger partial charge on any atom is -0.494 e. The molecule has 2 aliphatic rings. The third kappa shape index (κ3) is 8.26. The molecule has 48 heavy (non-hydrogen) atoms. The number of nitrogens with zero attached hydrogens (tertiary/aromatic N) is 2. The predicted molar refractivity (Wildman–Crippen MR) is 192 cm³/mol. The summed E-state index contributed by atoms with van der Waals surface area (Å²) >= 11 is 0. The molecule has 4 rings (SSSR count). The molecule has 2 aromatic rings. The summed E-state index contributed by atoms with van der Waals surface area (Å²) in [7, 11) is 0. The van der Waals surface area contributed by atoms with Crippen LogP contribution in [0.4, 0.5) is 17.1 Å². The topological polar surface area (TPSA) is 123 Å². The van der Waals surface area contributed by atoms with Gasteiger partial charge in [0, 0.05) is 36.9 Å². The zero-order chi connectivity index (χ0) is 34.8. The molecule has 9 nitrogen and oxygen atoms in total. The summed E-state index contributed by atoms with van der Waals surface area (Å²) in [6, 6.07) is 10.7. The van der Waals surface area contributed by atoms with Gasteiger partial charge in [0.1, 0.15) is 5.75 Å². The fraction of sp³-hybridized carbons (Fsp3) is 0.487. The summed E-state index contributed by atoms with van der Waals surface area (Å²) in [5.41, 5.74) is 3.84. The molecule has 0 radical (unpaired) electrons. The van der Waals surface area contributed by atoms with E-state index >= 15 is 0 Å². The molecule has 0 saturated carbocycles. The number of fused-ring (bicyclic) bond motifs is 2. The van der Waals surface area contributed by atoms with Crippen LogP contribution in [0.1, 0.15) is 77.8 Å². The van der Waals surface area contributed by atoms with Crippen molar-refractivity contribution in [2.75, 3.05) is 42.7 Å². The van der Waals surface area contributed by atoms with E-state index in [1.54, 1.807) is 34.9 Å². The number of aliphatic hydroxyl groups is 3. The van der Waals surface area contributed by atoms with E-state index in [9.17, 15) is 24.9 Å². The standard InChI is InChI=1S/C39H53N3O6/c1-6-48-32-16-18-35-30(24-32)25-34(40-20-8-10-23-44)37(45)42(35)31-15-17-36-33(26-31)39(47,29(5)14-7-9-22-43)38(46)41(36)21-19-28(4)13-11-12-27(2)3/h7,12,14-19,24,26,29,34,40,43-44,47H,6,8-11,13,20-23,25H2,1-5H3/b14-7+,28-19+/t29-,34?,39+/m0/s1. The van der Waals surface area contributed by atoms with Gasteiger partial charge in [-0.3, -0.25) is 14.5 Å². The van der Waals surface area contributed by atoms with E-state index in [1.165, 1.54) is 5.57 Å². The molecule has 9 heteroatoms. The average Bonchev–Trinajstić information content (AvgIpc) is 3.28. The number of rotatable bonds is 17. The quantitative estimate of drug-likeness (QED) is 0.124. The third-order valence-corrected chi connectivity index (χ3v) is 9.13. The van der Waals surface area contributed by atoms with E-state index in [1.807, 2.05) is 43.3 Å². The molecule has 0 bridgehead atoms. The summed E-state index contributed by atoms with van der Waals surface area (Å²) in [6.07, 6.45) is 11.9. The number of benzene rings is 2. The van der Waals surface area contributed by atoms with Gasteiger partial charge in [-0.2, -0.15) is 0 Å². The van der Waals surface area contributed by atoms with Crippen molar-refractivity contribution < 1.29 is 29.6 Å². The smallest absolute Gasteiger partial charge is 0.264 e. The maximum absolute atomic E-state index is 14.2. The summed E-state index contributed by atoms with van der Waals surface area (Å²) in [5.74, 6) is -0.426. The van der Waals surface area contributed by atoms with Gasteiger partial charge in [-0.1, -0.05) is 42.4 Å². The predicted octanol–water partition coefficient (Wildman–Crippen LogP) is 5.84. The van der Waals surface area contributed by atoms with Gasteiger partial charge >= 0.3 is 0 Å². The highest BCUT2D eigenvalue weighted by Gasteiger charge is 2.52. The number of ether oxygens (including phenoxy) is 1. The van der Waals surface area contributed by atoms with Crippen LogP contribution in [0.3, 0.4) is 0 Å². The van der Waals surface area contributed by atoms with Crippen molar-refractivity contribution in [2.24, 2.45) is 5.92 Å². The first-order valence-electron chi connectivity index (χ1n) is 17.3. The first-order chi connectivity index (χ1) is 23.1. The number of unbranched alkanes of at least 4 members (excludes halogenated alkanes) is 1. The van der Waals surface area contributed by atoms with E-state index < -0.39 is 23.5 Å². The SMILES string of the molecule is CCOc1ccc2c(c1)CC(NCCCCO)C(=O)N2c1ccc2c(c1)[C@](O)([C@@H](C)/C=C/CCO)C(=O)N2C/C=C(\C)CCC=C(C)C. The summed E-state index contributed by atoms with van der Waals surface area (Å²) in [6.45, 7) is 11.4. The number of amides is 2. The van der Waals surface area contributed by atoms with Gasteiger partial charge in [0.15, 0.2) is 5.60 Å². The minimum atomic E-state index is -1.87. The molecule has 0 fully saturated rings. The number of aliphatic hydroxyl groups excluding tert-OH is 2. The van der Waals surface area contributed by atoms with Crippen LogP contribution in [0.2, 0.25) is 0 Å². The van der Waals surface area contributed by atoms with Gasteiger partial charge in [-0.25, -0.2) is 0 Å². The Labute approximate surface area is 285 Å². The molecule has 0 aliphatic carbocycles. The zero-order valence-electron chi connectivity index (χ0n) is 29.2. The molecular weight excluding hydrogens is 606 g/mol. The lowest BCUT2D eigenvalue weighted by molar-refractivity contribution is -0.139. The van der Waals surface area contributed by atoms with Crippen LogP contribution >= 0.6 is 0 Å². The van der Waals surface area contributed by atoms with Crippen LogP contribution in [0.25, 0.3) is 0 Å². The molecule has 0 spiro atoms. The number of hydrogen-bond donors (Lipinski definition) is 4. The second-order valence-electron chi connectivity index (χ2n) is 13.0. The highest BCUT2D eigenvalue weighted by Crippen LogP contribution is 2.48. The Bertz CT molecular complexity index is 1530. The van der Waals surface area contributed by atoms with Crippen molar-refractivity contribution in [3.8, 4) is 5.75 Å². The summed E-state index contributed by atoms with van der Waals surface area (Å²) in [5, 5.41) is 34.3. The molecule has 2 heterocycles. The Kier molecular flexibility index (Phi) is 13.2. The van der Waals surface area contributed by atoms with E-state index in [0.717, 1.165) is 41.8 Å². The van der Waals surface area contributed by atoms with E-state index in [2.05, 4.69) is 32.2 Å². The van der Waals surface area contributed by atoms with Crippen molar-refractivity contribution in [1.29, 1.82) is 0 Å². The van der Waals surface area contributed by atoms with Crippen LogP contribution in [0, 0.1) is 5.92 Å². The molecule has 2 aliphatic heterocycles. The second kappa shape index (κ2) is 17.1. The van der Waals surface area contributed by atoms with Crippen molar-refractivity contribution in [1.82, 2.24) is 5.32 Å². The Morgan fingerprint density at radius 1 is 1.04 bits per heavy atom. The fourth-order valence-electron chi connectivity index (χ4n) is 6.43. The molecule has 0 saturated heterocycles. The lowest BCUT2D eigenvalue weighted by Crippen LogP contribution is -2.49. The second-order valence-corrected chi connectivity index (χ2v) is 13.0. The summed E-state index contributed by atoms with van der Waals surface area (Å²) < 4.78 is 5.78. The first kappa shape index (κ1) is 37.1. The van der Waals surface area contributed by atoms with Gasteiger partial charge in [-0.15, -0.1) is 0 Å². The van der Waals surface area contributed by atoms with Crippen LogP contribution < -0.4 is 19.9 Å². The van der Waals surface area contributed by atoms with Gasteiger partial charge in [0.05, 0.1) is 24.0 Å². The van der Waals surface area contributed by atoms with Gasteiger partial charge in [0.25, 0.3) is 5.91 Å². The van der Waals surface area contributed by atoms with Crippen LogP contribution in [0.15, 0.2) is 71.8 Å². The monoisotopic (exact) mass is 659 g/mol. The highest BCUT2D eigenvalue weighted by atomic mass is 16.5. The molecule has 260 valence electrons. The number of anilines is 3.